The summed E-state index contributed by atoms with van der Waals surface area (Å²) in [6.07, 6.45) is 8.39. The molecule has 0 radical (unpaired) electrons. The second-order valence-corrected chi connectivity index (χ2v) is 9.61. The average Bonchev–Trinajstić information content (AvgIpc) is 3.06. The van der Waals surface area contributed by atoms with Gasteiger partial charge in [-0.25, -0.2) is 4.79 Å². The number of nitrogens with zero attached hydrogens (tertiary/aromatic N) is 1. The van der Waals surface area contributed by atoms with Gasteiger partial charge in [0.05, 0.1) is 18.6 Å². The Balaban J connectivity index is 2.07. The van der Waals surface area contributed by atoms with Crippen LogP contribution in [0.15, 0.2) is 23.1 Å². The number of carbonyl (C=O) groups is 3. The number of unbranched alkanes of at least 4 members (excludes halogenated alkanes) is 5. The van der Waals surface area contributed by atoms with Crippen molar-refractivity contribution in [3.8, 4) is 11.5 Å². The van der Waals surface area contributed by atoms with Gasteiger partial charge in [-0.15, -0.1) is 0 Å². The van der Waals surface area contributed by atoms with Crippen LogP contribution in [0.2, 0.25) is 0 Å². The molecule has 186 valence electrons. The molecule has 34 heavy (non-hydrogen) atoms. The first kappa shape index (κ1) is 27.7. The molecule has 0 aromatic heterocycles. The molecule has 1 aliphatic rings. The molecule has 0 spiro atoms. The molecule has 1 atom stereocenters. The van der Waals surface area contributed by atoms with Crippen LogP contribution in [0.25, 0.3) is 6.08 Å². The first-order valence-electron chi connectivity index (χ1n) is 11.4. The fraction of sp³-hybridized carbons (Fsp3) is 0.500. The summed E-state index contributed by atoms with van der Waals surface area (Å²) in [7, 11) is 1.55. The number of carboxylic acids is 1. The Hall–Kier alpha value is -2.59. The molecule has 1 fully saturated rings. The first-order chi connectivity index (χ1) is 16.3. The molecule has 0 aliphatic carbocycles. The second-order valence-electron chi connectivity index (χ2n) is 7.94. The van der Waals surface area contributed by atoms with Crippen LogP contribution in [0.1, 0.15) is 63.9 Å². The minimum absolute atomic E-state index is 0.108. The third kappa shape index (κ3) is 8.02. The van der Waals surface area contributed by atoms with Gasteiger partial charge in [0.1, 0.15) is 10.4 Å². The fourth-order valence-electron chi connectivity index (χ4n) is 3.50. The number of thiocarbonyl (C=S) groups is 1. The Morgan fingerprint density at radius 1 is 1.21 bits per heavy atom. The van der Waals surface area contributed by atoms with Gasteiger partial charge in [-0.1, -0.05) is 69.1 Å². The third-order valence-corrected chi connectivity index (χ3v) is 6.66. The van der Waals surface area contributed by atoms with E-state index in [2.05, 4.69) is 6.92 Å². The Labute approximate surface area is 209 Å². The van der Waals surface area contributed by atoms with Crippen LogP contribution in [0.3, 0.4) is 0 Å². The highest BCUT2D eigenvalue weighted by molar-refractivity contribution is 8.26. The summed E-state index contributed by atoms with van der Waals surface area (Å²) < 4.78 is 11.4. The number of aliphatic carboxylic acids is 1. The number of benzene rings is 1. The van der Waals surface area contributed by atoms with Gasteiger partial charge in [-0.2, -0.15) is 0 Å². The van der Waals surface area contributed by atoms with Crippen LogP contribution < -0.4 is 15.2 Å². The summed E-state index contributed by atoms with van der Waals surface area (Å²) in [6.45, 7) is 2.79. The quantitative estimate of drug-likeness (QED) is 0.204. The van der Waals surface area contributed by atoms with Gasteiger partial charge in [0.2, 0.25) is 5.91 Å². The van der Waals surface area contributed by atoms with Gasteiger partial charge in [0.15, 0.2) is 11.5 Å². The number of hydrogen-bond acceptors (Lipinski definition) is 7. The van der Waals surface area contributed by atoms with Crippen molar-refractivity contribution in [3.63, 3.8) is 0 Å². The Morgan fingerprint density at radius 3 is 2.56 bits per heavy atom. The molecular formula is C24H32N2O6S2. The normalized spacial score (nSPS) is 15.6. The SMILES string of the molecule is CCCCCCCCOc1ccc(/C=C2\SC(=S)N(C(CCC(N)=O)C(=O)O)C2=O)cc1OC. The van der Waals surface area contributed by atoms with Crippen molar-refractivity contribution in [2.75, 3.05) is 13.7 Å². The zero-order chi connectivity index (χ0) is 25.1. The van der Waals surface area contributed by atoms with Gasteiger partial charge in [0.25, 0.3) is 5.91 Å². The van der Waals surface area contributed by atoms with E-state index in [4.69, 9.17) is 27.4 Å². The molecule has 1 saturated heterocycles. The Kier molecular flexibility index (Phi) is 11.4. The molecular weight excluding hydrogens is 476 g/mol. The smallest absolute Gasteiger partial charge is 0.326 e. The van der Waals surface area contributed by atoms with E-state index in [1.165, 1.54) is 25.7 Å². The van der Waals surface area contributed by atoms with Crippen LogP contribution in [0.5, 0.6) is 11.5 Å². The maximum Gasteiger partial charge on any atom is 0.326 e. The molecule has 3 N–H and O–H groups in total. The Bertz CT molecular complexity index is 934. The van der Waals surface area contributed by atoms with Gasteiger partial charge in [-0.3, -0.25) is 14.5 Å². The predicted molar refractivity (Wildman–Crippen MR) is 137 cm³/mol. The number of rotatable bonds is 15. The lowest BCUT2D eigenvalue weighted by atomic mass is 10.1. The summed E-state index contributed by atoms with van der Waals surface area (Å²) in [5.74, 6) is -1.24. The van der Waals surface area contributed by atoms with E-state index in [1.807, 2.05) is 0 Å². The molecule has 1 aromatic rings. The molecule has 10 heteroatoms. The van der Waals surface area contributed by atoms with E-state index in [9.17, 15) is 19.5 Å². The topological polar surface area (TPSA) is 119 Å². The van der Waals surface area contributed by atoms with Crippen molar-refractivity contribution in [1.29, 1.82) is 0 Å². The number of carbonyl (C=O) groups excluding carboxylic acids is 2. The molecule has 1 aliphatic heterocycles. The zero-order valence-electron chi connectivity index (χ0n) is 19.6. The van der Waals surface area contributed by atoms with E-state index in [0.717, 1.165) is 29.5 Å². The molecule has 0 bridgehead atoms. The van der Waals surface area contributed by atoms with E-state index < -0.39 is 23.8 Å². The largest absolute Gasteiger partial charge is 0.493 e. The minimum atomic E-state index is -1.25. The molecule has 0 saturated carbocycles. The van der Waals surface area contributed by atoms with Crippen LogP contribution in [0, 0.1) is 0 Å². The summed E-state index contributed by atoms with van der Waals surface area (Å²) in [5, 5.41) is 9.53. The maximum absolute atomic E-state index is 12.9. The molecule has 1 unspecified atom stereocenters. The van der Waals surface area contributed by atoms with E-state index in [-0.39, 0.29) is 22.1 Å². The summed E-state index contributed by atoms with van der Waals surface area (Å²) >= 11 is 6.27. The number of thioether (sulfide) groups is 1. The first-order valence-corrected chi connectivity index (χ1v) is 12.6. The molecule has 2 amide bonds. The molecule has 2 rings (SSSR count). The highest BCUT2D eigenvalue weighted by atomic mass is 32.2. The van der Waals surface area contributed by atoms with Crippen molar-refractivity contribution in [2.45, 2.75) is 64.3 Å². The van der Waals surface area contributed by atoms with Crippen molar-refractivity contribution >= 4 is 52.2 Å². The van der Waals surface area contributed by atoms with Crippen molar-refractivity contribution in [2.24, 2.45) is 5.73 Å². The number of methoxy groups -OCH3 is 1. The summed E-state index contributed by atoms with van der Waals surface area (Å²) in [5.41, 5.74) is 5.82. The minimum Gasteiger partial charge on any atom is -0.493 e. The van der Waals surface area contributed by atoms with Crippen molar-refractivity contribution < 1.29 is 29.0 Å². The summed E-state index contributed by atoms with van der Waals surface area (Å²) in [4.78, 5) is 37.0. The lowest BCUT2D eigenvalue weighted by Crippen LogP contribution is -2.44. The van der Waals surface area contributed by atoms with Crippen molar-refractivity contribution in [3.05, 3.63) is 28.7 Å². The highest BCUT2D eigenvalue weighted by Crippen LogP contribution is 2.36. The van der Waals surface area contributed by atoms with Crippen molar-refractivity contribution in [1.82, 2.24) is 4.90 Å². The van der Waals surface area contributed by atoms with Crippen LogP contribution in [-0.4, -0.2) is 51.9 Å². The average molecular weight is 509 g/mol. The zero-order valence-corrected chi connectivity index (χ0v) is 21.2. The predicted octanol–water partition coefficient (Wildman–Crippen LogP) is 4.35. The standard InChI is InChI=1S/C24H32N2O6S2/c1-3-4-5-6-7-8-13-32-18-11-9-16(14-19(18)31-2)15-20-22(28)26(24(33)34-20)17(23(29)30)10-12-21(25)27/h9,11,14-15,17H,3-8,10,12-13H2,1-2H3,(H2,25,27)(H,29,30)/b20-15-. The fourth-order valence-corrected chi connectivity index (χ4v) is 4.86. The number of ether oxygens (including phenoxy) is 2. The van der Waals surface area contributed by atoms with Gasteiger partial charge in [-0.05, 0) is 36.6 Å². The molecule has 1 aromatic carbocycles. The number of amides is 2. The number of hydrogen-bond donors (Lipinski definition) is 2. The highest BCUT2D eigenvalue weighted by Gasteiger charge is 2.40. The van der Waals surface area contributed by atoms with Gasteiger partial charge >= 0.3 is 5.97 Å². The van der Waals surface area contributed by atoms with E-state index in [0.29, 0.717) is 23.7 Å². The van der Waals surface area contributed by atoms with Crippen LogP contribution >= 0.6 is 24.0 Å². The number of nitrogens with two attached hydrogens (primary N) is 1. The van der Waals surface area contributed by atoms with E-state index >= 15 is 0 Å². The maximum atomic E-state index is 12.9. The lowest BCUT2D eigenvalue weighted by Gasteiger charge is -2.22. The Morgan fingerprint density at radius 2 is 1.91 bits per heavy atom. The second kappa shape index (κ2) is 14.0. The van der Waals surface area contributed by atoms with E-state index in [1.54, 1.807) is 31.4 Å². The molecule has 1 heterocycles. The van der Waals surface area contributed by atoms with Crippen LogP contribution in [-0.2, 0) is 14.4 Å². The van der Waals surface area contributed by atoms with Crippen LogP contribution in [0.4, 0.5) is 0 Å². The molecule has 8 nitrogen and oxygen atoms in total. The summed E-state index contributed by atoms with van der Waals surface area (Å²) in [6, 6.07) is 4.09. The number of carboxylic acid groups (broad SMARTS) is 1. The lowest BCUT2D eigenvalue weighted by molar-refractivity contribution is -0.145. The number of primary amides is 1. The van der Waals surface area contributed by atoms with Gasteiger partial charge in [0, 0.05) is 6.42 Å². The van der Waals surface area contributed by atoms with Gasteiger partial charge < -0.3 is 20.3 Å². The third-order valence-electron chi connectivity index (χ3n) is 5.33. The monoisotopic (exact) mass is 508 g/mol.